The van der Waals surface area contributed by atoms with Gasteiger partial charge in [-0.1, -0.05) is 73.3 Å². The summed E-state index contributed by atoms with van der Waals surface area (Å²) in [7, 11) is 0. The van der Waals surface area contributed by atoms with Crippen LogP contribution in [0.5, 0.6) is 0 Å². The van der Waals surface area contributed by atoms with Crippen LogP contribution in [0.4, 0.5) is 0 Å². The Labute approximate surface area is 221 Å². The van der Waals surface area contributed by atoms with Gasteiger partial charge in [0.05, 0.1) is 17.0 Å². The van der Waals surface area contributed by atoms with Gasteiger partial charge in [0.1, 0.15) is 5.82 Å². The molecule has 0 saturated heterocycles. The number of rotatable bonds is 5. The quantitative estimate of drug-likeness (QED) is 0.358. The van der Waals surface area contributed by atoms with Crippen LogP contribution < -0.4 is 5.56 Å². The van der Waals surface area contributed by atoms with Gasteiger partial charge in [-0.3, -0.25) is 14.2 Å². The van der Waals surface area contributed by atoms with Crippen LogP contribution >= 0.6 is 23.4 Å². The van der Waals surface area contributed by atoms with Gasteiger partial charge in [0.25, 0.3) is 5.56 Å². The minimum atomic E-state index is -0.101. The molecule has 6 heteroatoms. The zero-order valence-corrected chi connectivity index (χ0v) is 22.0. The summed E-state index contributed by atoms with van der Waals surface area (Å²) in [6.45, 7) is 0.710. The third kappa shape index (κ3) is 4.35. The van der Waals surface area contributed by atoms with E-state index in [1.807, 2.05) is 10.6 Å². The first-order valence-corrected chi connectivity index (χ1v) is 14.6. The van der Waals surface area contributed by atoms with Gasteiger partial charge in [0.2, 0.25) is 5.12 Å². The van der Waals surface area contributed by atoms with Gasteiger partial charge >= 0.3 is 0 Å². The van der Waals surface area contributed by atoms with Gasteiger partial charge in [0, 0.05) is 28.1 Å². The van der Waals surface area contributed by atoms with E-state index in [0.717, 1.165) is 67.6 Å². The maximum atomic E-state index is 14.4. The van der Waals surface area contributed by atoms with Gasteiger partial charge < -0.3 is 0 Å². The molecular formula is C30H31ClN2O2S. The summed E-state index contributed by atoms with van der Waals surface area (Å²) in [4.78, 5) is 32.6. The summed E-state index contributed by atoms with van der Waals surface area (Å²) >= 11 is 7.22. The molecule has 0 N–H and O–H groups in total. The molecule has 0 atom stereocenters. The summed E-state index contributed by atoms with van der Waals surface area (Å²) in [6.07, 6.45) is 10.1. The van der Waals surface area contributed by atoms with Crippen molar-refractivity contribution in [3.63, 3.8) is 0 Å². The molecule has 0 radical (unpaired) electrons. The lowest BCUT2D eigenvalue weighted by atomic mass is 9.68. The molecule has 4 nitrogen and oxygen atoms in total. The lowest BCUT2D eigenvalue weighted by molar-refractivity contribution is 0.108. The van der Waals surface area contributed by atoms with E-state index in [-0.39, 0.29) is 16.1 Å². The molecular weight excluding hydrogens is 488 g/mol. The second-order valence-corrected chi connectivity index (χ2v) is 12.1. The number of carbonyl (C=O) groups excluding carboxylic acids is 1. The largest absolute Gasteiger partial charge is 0.295 e. The number of carbonyl (C=O) groups is 1. The van der Waals surface area contributed by atoms with Crippen molar-refractivity contribution < 1.29 is 4.79 Å². The average molecular weight is 519 g/mol. The number of fused-ring (bicyclic) bond motifs is 4. The van der Waals surface area contributed by atoms with Crippen molar-refractivity contribution in [3.05, 3.63) is 86.4 Å². The monoisotopic (exact) mass is 518 g/mol. The molecule has 186 valence electrons. The lowest BCUT2D eigenvalue weighted by Crippen LogP contribution is -2.41. The minimum absolute atomic E-state index is 0.0290. The average Bonchev–Trinajstić information content (AvgIpc) is 3.57. The molecule has 1 heterocycles. The van der Waals surface area contributed by atoms with Crippen molar-refractivity contribution >= 4 is 28.5 Å². The topological polar surface area (TPSA) is 52.0 Å². The predicted octanol–water partition coefficient (Wildman–Crippen LogP) is 7.20. The Balaban J connectivity index is 1.44. The van der Waals surface area contributed by atoms with Crippen molar-refractivity contribution in [1.29, 1.82) is 0 Å². The van der Waals surface area contributed by atoms with E-state index in [1.54, 1.807) is 24.3 Å². The Morgan fingerprint density at radius 1 is 1.03 bits per heavy atom. The summed E-state index contributed by atoms with van der Waals surface area (Å²) in [5.41, 5.74) is 4.83. The van der Waals surface area contributed by atoms with Crippen LogP contribution in [0.25, 0.3) is 11.3 Å². The number of halogens is 1. The number of hydrogen-bond donors (Lipinski definition) is 0. The number of hydrogen-bond acceptors (Lipinski definition) is 4. The van der Waals surface area contributed by atoms with Gasteiger partial charge in [-0.05, 0) is 67.9 Å². The van der Waals surface area contributed by atoms with Crippen molar-refractivity contribution in [1.82, 2.24) is 9.55 Å². The third-order valence-electron chi connectivity index (χ3n) is 8.47. The van der Waals surface area contributed by atoms with E-state index in [1.165, 1.54) is 30.2 Å². The number of nitrogens with zero attached hydrogens (tertiary/aromatic N) is 2. The van der Waals surface area contributed by atoms with Crippen LogP contribution in [-0.4, -0.2) is 14.7 Å². The first kappa shape index (κ1) is 24.0. The SMILES string of the molecule is O=C(SCc1nc2c(c(=O)n1CC1CCCC1)C1(CCCC1)Cc1ccccc1-2)c1ccc(Cl)cc1. The molecule has 2 aromatic carbocycles. The smallest absolute Gasteiger partial charge is 0.257 e. The molecule has 0 amide bonds. The molecule has 3 aromatic rings. The first-order chi connectivity index (χ1) is 17.5. The second-order valence-electron chi connectivity index (χ2n) is 10.7. The molecule has 3 aliphatic rings. The zero-order valence-electron chi connectivity index (χ0n) is 20.5. The van der Waals surface area contributed by atoms with Crippen molar-refractivity contribution in [2.24, 2.45) is 5.92 Å². The fourth-order valence-corrected chi connectivity index (χ4v) is 7.57. The second kappa shape index (κ2) is 9.83. The van der Waals surface area contributed by atoms with Crippen LogP contribution in [-0.2, 0) is 24.1 Å². The molecule has 1 spiro atoms. The van der Waals surface area contributed by atoms with Gasteiger partial charge in [-0.2, -0.15) is 0 Å². The molecule has 1 aromatic heterocycles. The maximum Gasteiger partial charge on any atom is 0.257 e. The highest BCUT2D eigenvalue weighted by atomic mass is 35.5. The molecule has 2 saturated carbocycles. The maximum absolute atomic E-state index is 14.4. The van der Waals surface area contributed by atoms with E-state index in [2.05, 4.69) is 18.2 Å². The molecule has 36 heavy (non-hydrogen) atoms. The van der Waals surface area contributed by atoms with Gasteiger partial charge in [0.15, 0.2) is 0 Å². The summed E-state index contributed by atoms with van der Waals surface area (Å²) < 4.78 is 1.95. The molecule has 6 rings (SSSR count). The molecule has 2 fully saturated rings. The summed E-state index contributed by atoms with van der Waals surface area (Å²) in [5, 5.41) is 0.580. The van der Waals surface area contributed by atoms with E-state index >= 15 is 0 Å². The third-order valence-corrected chi connectivity index (χ3v) is 9.62. The Morgan fingerprint density at radius 3 is 2.50 bits per heavy atom. The van der Waals surface area contributed by atoms with Gasteiger partial charge in [-0.25, -0.2) is 4.98 Å². The lowest BCUT2D eigenvalue weighted by Gasteiger charge is -2.36. The van der Waals surface area contributed by atoms with Crippen LogP contribution in [0.2, 0.25) is 5.02 Å². The standard InChI is InChI=1S/C30H31ClN2O2S/c31-23-13-11-21(12-14-23)29(35)36-19-25-32-27-24-10-4-3-9-22(24)17-30(15-5-6-16-30)26(27)28(34)33(25)18-20-7-1-2-8-20/h3-4,9-14,20H,1-2,5-8,15-19H2. The molecule has 3 aliphatic carbocycles. The Hall–Kier alpha value is -2.37. The van der Waals surface area contributed by atoms with Crippen LogP contribution in [0.15, 0.2) is 53.3 Å². The summed E-state index contributed by atoms with van der Waals surface area (Å²) in [6, 6.07) is 15.4. The van der Waals surface area contributed by atoms with E-state index in [9.17, 15) is 9.59 Å². The molecule has 0 bridgehead atoms. The van der Waals surface area contributed by atoms with E-state index in [4.69, 9.17) is 16.6 Å². The number of thioether (sulfide) groups is 1. The van der Waals surface area contributed by atoms with Crippen molar-refractivity contribution in [2.75, 3.05) is 0 Å². The fourth-order valence-electron chi connectivity index (χ4n) is 6.66. The molecule has 0 aliphatic heterocycles. The van der Waals surface area contributed by atoms with Crippen LogP contribution in [0, 0.1) is 5.92 Å². The van der Waals surface area contributed by atoms with Crippen molar-refractivity contribution in [2.45, 2.75) is 75.5 Å². The molecule has 0 unspecified atom stereocenters. The predicted molar refractivity (Wildman–Crippen MR) is 147 cm³/mol. The Morgan fingerprint density at radius 2 is 1.75 bits per heavy atom. The highest BCUT2D eigenvalue weighted by molar-refractivity contribution is 8.13. The zero-order chi connectivity index (χ0) is 24.7. The minimum Gasteiger partial charge on any atom is -0.295 e. The normalized spacial score (nSPS) is 18.4. The fraction of sp³-hybridized carbons (Fsp3) is 0.433. The summed E-state index contributed by atoms with van der Waals surface area (Å²) in [5.74, 6) is 1.61. The highest BCUT2D eigenvalue weighted by Gasteiger charge is 2.44. The van der Waals surface area contributed by atoms with Crippen molar-refractivity contribution in [3.8, 4) is 11.3 Å². The van der Waals surface area contributed by atoms with Gasteiger partial charge in [-0.15, -0.1) is 0 Å². The number of aromatic nitrogens is 2. The first-order valence-electron chi connectivity index (χ1n) is 13.2. The van der Waals surface area contributed by atoms with Crippen LogP contribution in [0.3, 0.4) is 0 Å². The Kier molecular flexibility index (Phi) is 6.55. The number of benzene rings is 2. The highest BCUT2D eigenvalue weighted by Crippen LogP contribution is 2.49. The van der Waals surface area contributed by atoms with Crippen LogP contribution in [0.1, 0.15) is 78.7 Å². The Bertz CT molecular complexity index is 1350. The van der Waals surface area contributed by atoms with E-state index in [0.29, 0.717) is 28.8 Å². The van der Waals surface area contributed by atoms with E-state index < -0.39 is 0 Å².